The van der Waals surface area contributed by atoms with Gasteiger partial charge < -0.3 is 9.84 Å². The standard InChI is InChI=1S/C15H9Br2FO3/c16-10-2-4-13(9(7-10)1-6-15(19)20)21-14-5-3-11(18)8-12(14)17/h1-8H,(H,19,20)/b6-1+. The molecule has 0 spiro atoms. The van der Waals surface area contributed by atoms with Crippen molar-refractivity contribution in [2.45, 2.75) is 0 Å². The van der Waals surface area contributed by atoms with Crippen molar-refractivity contribution in [1.29, 1.82) is 0 Å². The van der Waals surface area contributed by atoms with Gasteiger partial charge in [0, 0.05) is 16.1 Å². The van der Waals surface area contributed by atoms with Gasteiger partial charge in [-0.1, -0.05) is 15.9 Å². The number of benzene rings is 2. The summed E-state index contributed by atoms with van der Waals surface area (Å²) in [6, 6.07) is 9.26. The van der Waals surface area contributed by atoms with E-state index < -0.39 is 5.97 Å². The Labute approximate surface area is 137 Å². The van der Waals surface area contributed by atoms with Crippen molar-refractivity contribution in [2.24, 2.45) is 0 Å². The molecule has 0 bridgehead atoms. The van der Waals surface area contributed by atoms with Crippen molar-refractivity contribution in [1.82, 2.24) is 0 Å². The molecule has 0 aliphatic rings. The molecule has 2 rings (SSSR count). The van der Waals surface area contributed by atoms with Crippen molar-refractivity contribution in [3.8, 4) is 11.5 Å². The molecule has 0 aromatic heterocycles. The van der Waals surface area contributed by atoms with E-state index in [2.05, 4.69) is 31.9 Å². The van der Waals surface area contributed by atoms with E-state index in [0.717, 1.165) is 10.5 Å². The Morgan fingerprint density at radius 1 is 1.14 bits per heavy atom. The number of carboxylic acid groups (broad SMARTS) is 1. The zero-order valence-corrected chi connectivity index (χ0v) is 13.7. The van der Waals surface area contributed by atoms with Crippen LogP contribution >= 0.6 is 31.9 Å². The second-order valence-electron chi connectivity index (χ2n) is 4.03. The zero-order chi connectivity index (χ0) is 15.4. The van der Waals surface area contributed by atoms with Gasteiger partial charge in [-0.25, -0.2) is 9.18 Å². The Kier molecular flexibility index (Phi) is 5.14. The molecule has 0 aliphatic carbocycles. The Hall–Kier alpha value is -1.66. The summed E-state index contributed by atoms with van der Waals surface area (Å²) in [4.78, 5) is 10.6. The van der Waals surface area contributed by atoms with Gasteiger partial charge in [-0.2, -0.15) is 0 Å². The predicted molar refractivity (Wildman–Crippen MR) is 85.0 cm³/mol. The van der Waals surface area contributed by atoms with E-state index in [4.69, 9.17) is 9.84 Å². The molecule has 3 nitrogen and oxygen atoms in total. The van der Waals surface area contributed by atoms with E-state index in [0.29, 0.717) is 21.5 Å². The largest absolute Gasteiger partial charge is 0.478 e. The van der Waals surface area contributed by atoms with E-state index in [-0.39, 0.29) is 5.82 Å². The van der Waals surface area contributed by atoms with E-state index in [1.807, 2.05) is 0 Å². The monoisotopic (exact) mass is 414 g/mol. The highest BCUT2D eigenvalue weighted by atomic mass is 79.9. The molecule has 0 fully saturated rings. The minimum Gasteiger partial charge on any atom is -0.478 e. The minimum atomic E-state index is -1.05. The summed E-state index contributed by atoms with van der Waals surface area (Å²) in [5, 5.41) is 8.71. The molecule has 0 atom stereocenters. The number of carboxylic acids is 1. The maximum Gasteiger partial charge on any atom is 0.328 e. The smallest absolute Gasteiger partial charge is 0.328 e. The highest BCUT2D eigenvalue weighted by Gasteiger charge is 2.08. The quantitative estimate of drug-likeness (QED) is 0.694. The van der Waals surface area contributed by atoms with Crippen molar-refractivity contribution < 1.29 is 19.0 Å². The van der Waals surface area contributed by atoms with Crippen LogP contribution in [0.3, 0.4) is 0 Å². The SMILES string of the molecule is O=C(O)/C=C/c1cc(Br)ccc1Oc1ccc(F)cc1Br. The van der Waals surface area contributed by atoms with Crippen molar-refractivity contribution in [2.75, 3.05) is 0 Å². The molecule has 2 aromatic rings. The third-order valence-corrected chi connectivity index (χ3v) is 3.60. The van der Waals surface area contributed by atoms with Crippen LogP contribution in [0.1, 0.15) is 5.56 Å². The Morgan fingerprint density at radius 2 is 1.86 bits per heavy atom. The summed E-state index contributed by atoms with van der Waals surface area (Å²) in [6.07, 6.45) is 2.45. The molecule has 0 heterocycles. The highest BCUT2D eigenvalue weighted by molar-refractivity contribution is 9.10. The average Bonchev–Trinajstić information content (AvgIpc) is 2.41. The molecule has 0 saturated carbocycles. The van der Waals surface area contributed by atoms with Crippen molar-refractivity contribution >= 4 is 43.9 Å². The maximum atomic E-state index is 13.1. The lowest BCUT2D eigenvalue weighted by molar-refractivity contribution is -0.131. The number of hydrogen-bond acceptors (Lipinski definition) is 2. The lowest BCUT2D eigenvalue weighted by Crippen LogP contribution is -1.91. The van der Waals surface area contributed by atoms with Gasteiger partial charge in [0.05, 0.1) is 4.47 Å². The van der Waals surface area contributed by atoms with Gasteiger partial charge in [0.25, 0.3) is 0 Å². The molecule has 6 heteroatoms. The first-order valence-corrected chi connectivity index (χ1v) is 7.38. The van der Waals surface area contributed by atoms with Gasteiger partial charge >= 0.3 is 5.97 Å². The Balaban J connectivity index is 2.37. The molecule has 108 valence electrons. The lowest BCUT2D eigenvalue weighted by atomic mass is 10.2. The van der Waals surface area contributed by atoms with E-state index in [9.17, 15) is 9.18 Å². The molecular formula is C15H9Br2FO3. The van der Waals surface area contributed by atoms with Crippen LogP contribution in [-0.2, 0) is 4.79 Å². The number of aliphatic carboxylic acids is 1. The lowest BCUT2D eigenvalue weighted by Gasteiger charge is -2.11. The Bertz CT molecular complexity index is 714. The van der Waals surface area contributed by atoms with Crippen LogP contribution in [0.15, 0.2) is 51.4 Å². The fourth-order valence-electron chi connectivity index (χ4n) is 1.58. The number of ether oxygens (including phenoxy) is 1. The van der Waals surface area contributed by atoms with Gasteiger partial charge in [-0.3, -0.25) is 0 Å². The summed E-state index contributed by atoms with van der Waals surface area (Å²) in [5.41, 5.74) is 0.586. The molecule has 2 aromatic carbocycles. The van der Waals surface area contributed by atoms with Gasteiger partial charge in [-0.15, -0.1) is 0 Å². The topological polar surface area (TPSA) is 46.5 Å². The summed E-state index contributed by atoms with van der Waals surface area (Å²) >= 11 is 6.54. The maximum absolute atomic E-state index is 13.1. The summed E-state index contributed by atoms with van der Waals surface area (Å²) in [6.45, 7) is 0. The predicted octanol–water partition coefficient (Wildman–Crippen LogP) is 5.24. The summed E-state index contributed by atoms with van der Waals surface area (Å²) in [7, 11) is 0. The number of halogens is 3. The number of carbonyl (C=O) groups is 1. The van der Waals surface area contributed by atoms with Crippen LogP contribution in [-0.4, -0.2) is 11.1 Å². The third kappa shape index (κ3) is 4.41. The van der Waals surface area contributed by atoms with Crippen LogP contribution in [0.5, 0.6) is 11.5 Å². The van der Waals surface area contributed by atoms with Crippen LogP contribution in [0.4, 0.5) is 4.39 Å². The molecule has 0 unspecified atom stereocenters. The van der Waals surface area contributed by atoms with Crippen LogP contribution in [0.25, 0.3) is 6.08 Å². The summed E-state index contributed by atoms with van der Waals surface area (Å²) < 4.78 is 20.0. The van der Waals surface area contributed by atoms with E-state index >= 15 is 0 Å². The number of hydrogen-bond donors (Lipinski definition) is 1. The minimum absolute atomic E-state index is 0.379. The molecular weight excluding hydrogens is 407 g/mol. The first kappa shape index (κ1) is 15.7. The van der Waals surface area contributed by atoms with Gasteiger partial charge in [-0.05, 0) is 58.4 Å². The Morgan fingerprint density at radius 3 is 2.52 bits per heavy atom. The van der Waals surface area contributed by atoms with Crippen molar-refractivity contribution in [3.63, 3.8) is 0 Å². The number of rotatable bonds is 4. The van der Waals surface area contributed by atoms with Crippen molar-refractivity contribution in [3.05, 3.63) is 62.8 Å². The van der Waals surface area contributed by atoms with Crippen LogP contribution < -0.4 is 4.74 Å². The molecule has 0 amide bonds. The molecule has 0 aliphatic heterocycles. The first-order chi connectivity index (χ1) is 9.95. The van der Waals surface area contributed by atoms with Gasteiger partial charge in [0.2, 0.25) is 0 Å². The van der Waals surface area contributed by atoms with Crippen LogP contribution in [0.2, 0.25) is 0 Å². The second kappa shape index (κ2) is 6.87. The summed E-state index contributed by atoms with van der Waals surface area (Å²) in [5.74, 6) is -0.536. The molecule has 1 N–H and O–H groups in total. The van der Waals surface area contributed by atoms with Gasteiger partial charge in [0.15, 0.2) is 0 Å². The fraction of sp³-hybridized carbons (Fsp3) is 0. The fourth-order valence-corrected chi connectivity index (χ4v) is 2.39. The second-order valence-corrected chi connectivity index (χ2v) is 5.80. The third-order valence-electron chi connectivity index (χ3n) is 2.49. The average molecular weight is 416 g/mol. The molecule has 0 radical (unpaired) electrons. The van der Waals surface area contributed by atoms with Gasteiger partial charge in [0.1, 0.15) is 17.3 Å². The van der Waals surface area contributed by atoms with Crippen LogP contribution in [0, 0.1) is 5.82 Å². The first-order valence-electron chi connectivity index (χ1n) is 5.79. The van der Waals surface area contributed by atoms with E-state index in [1.165, 1.54) is 24.3 Å². The molecule has 0 saturated heterocycles. The molecule has 21 heavy (non-hydrogen) atoms. The highest BCUT2D eigenvalue weighted by Crippen LogP contribution is 2.33. The zero-order valence-electron chi connectivity index (χ0n) is 10.5. The normalized spacial score (nSPS) is 10.8. The van der Waals surface area contributed by atoms with E-state index in [1.54, 1.807) is 18.2 Å².